The largest absolute Gasteiger partial charge is 0.507 e. The van der Waals surface area contributed by atoms with Crippen LogP contribution < -0.4 is 10.1 Å². The third kappa shape index (κ3) is 6.28. The summed E-state index contributed by atoms with van der Waals surface area (Å²) < 4.78 is 22.9. The first kappa shape index (κ1) is 35.2. The Morgan fingerprint density at radius 3 is 2.54 bits per heavy atom. The molecule has 3 aliphatic carbocycles. The number of hydrogen-bond donors (Lipinski definition) is 5. The highest BCUT2D eigenvalue weighted by Crippen LogP contribution is 2.52. The monoisotopic (exact) mass is 693 g/mol. The summed E-state index contributed by atoms with van der Waals surface area (Å²) in [7, 11) is 1.31. The number of alkyl carbamates (subject to hydrolysis) is 1. The van der Waals surface area contributed by atoms with Gasteiger partial charge in [0.15, 0.2) is 23.6 Å². The van der Waals surface area contributed by atoms with Crippen molar-refractivity contribution in [1.29, 1.82) is 0 Å². The first-order valence-corrected chi connectivity index (χ1v) is 16.6. The lowest BCUT2D eigenvalue weighted by Crippen LogP contribution is -2.54. The number of phenolic OH excluding ortho intramolecular Hbond substituents is 2. The molecular weight excluding hydrogens is 654 g/mol. The molecule has 5 N–H and O–H groups in total. The summed E-state index contributed by atoms with van der Waals surface area (Å²) in [6, 6.07) is 3.20. The van der Waals surface area contributed by atoms with Gasteiger partial charge in [0.2, 0.25) is 5.78 Å². The van der Waals surface area contributed by atoms with Crippen molar-refractivity contribution in [2.75, 3.05) is 13.7 Å². The van der Waals surface area contributed by atoms with Crippen LogP contribution in [-0.4, -0.2) is 93.5 Å². The molecule has 1 heterocycles. The molecule has 1 aliphatic heterocycles. The zero-order chi connectivity index (χ0) is 35.9. The van der Waals surface area contributed by atoms with Gasteiger partial charge in [-0.1, -0.05) is 24.6 Å². The second kappa shape index (κ2) is 13.9. The lowest BCUT2D eigenvalue weighted by molar-refractivity contribution is -0.222. The molecule has 0 radical (unpaired) electrons. The molecule has 266 valence electrons. The van der Waals surface area contributed by atoms with Gasteiger partial charge in [-0.15, -0.1) is 0 Å². The normalized spacial score (nSPS) is 28.3. The number of hydrogen-bond acceptors (Lipinski definition) is 13. The molecule has 1 saturated heterocycles. The summed E-state index contributed by atoms with van der Waals surface area (Å²) >= 11 is 0. The van der Waals surface area contributed by atoms with Crippen LogP contribution in [0.2, 0.25) is 0 Å². The Kier molecular flexibility index (Phi) is 9.82. The predicted octanol–water partition coefficient (Wildman–Crippen LogP) is 2.87. The number of rotatable bonds is 7. The van der Waals surface area contributed by atoms with Gasteiger partial charge in [-0.25, -0.2) is 4.79 Å². The molecule has 1 fully saturated rings. The number of nitrogens with one attached hydrogen (secondary N) is 1. The third-order valence-corrected chi connectivity index (χ3v) is 9.84. The number of phenols is 2. The van der Waals surface area contributed by atoms with Gasteiger partial charge >= 0.3 is 6.09 Å². The molecule has 2 unspecified atom stereocenters. The highest BCUT2D eigenvalue weighted by atomic mass is 16.7. The number of methoxy groups -OCH3 is 1. The van der Waals surface area contributed by atoms with E-state index >= 15 is 0 Å². The van der Waals surface area contributed by atoms with E-state index in [-0.39, 0.29) is 34.4 Å². The average molecular weight is 694 g/mol. The topological polar surface area (TPSA) is 215 Å². The summed E-state index contributed by atoms with van der Waals surface area (Å²) in [6.07, 6.45) is 1.67. The van der Waals surface area contributed by atoms with E-state index in [4.69, 9.17) is 18.9 Å². The number of allylic oxidation sites excluding steroid dienone is 1. The highest BCUT2D eigenvalue weighted by Gasteiger charge is 2.50. The summed E-state index contributed by atoms with van der Waals surface area (Å²) in [5.41, 5.74) is -4.03. The first-order chi connectivity index (χ1) is 23.9. The van der Waals surface area contributed by atoms with Crippen LogP contribution in [-0.2, 0) is 30.2 Å². The molecule has 4 aliphatic rings. The van der Waals surface area contributed by atoms with Crippen LogP contribution in [0.4, 0.5) is 4.79 Å². The number of Topliss-reactive ketones (excluding diaryl/α,β-unsaturated/α-hetero) is 2. The number of ketones is 4. The van der Waals surface area contributed by atoms with E-state index in [0.29, 0.717) is 6.42 Å². The average Bonchev–Trinajstić information content (AvgIpc) is 3.07. The van der Waals surface area contributed by atoms with Crippen molar-refractivity contribution in [2.24, 2.45) is 0 Å². The fourth-order valence-corrected chi connectivity index (χ4v) is 7.28. The van der Waals surface area contributed by atoms with Crippen molar-refractivity contribution in [3.05, 3.63) is 63.7 Å². The van der Waals surface area contributed by atoms with E-state index in [9.17, 15) is 44.4 Å². The lowest BCUT2D eigenvalue weighted by atomic mass is 9.72. The standard InChI is InChI=1S/C36H39NO13/c1-17-30(40)21(37-35(45)49-18-9-6-4-3-5-7-10-18)13-25(48-17)50-23-15-36(46,24(39)16-38)14-20-27(23)34(44)29-28(32(20)42)31(41)19-11-8-12-22(47-2)26(19)33(29)43/h6,8-9,11-12,17-18,21,23,25,38,42,44,46H,3-5,7,10,13-16H2,1-2H3,(H,37,45)/b9-6+/t17-,18?,21-,23?,25-,36-/m0/s1. The second-order valence-electron chi connectivity index (χ2n) is 13.1. The Labute approximate surface area is 287 Å². The van der Waals surface area contributed by atoms with Gasteiger partial charge in [-0.3, -0.25) is 19.2 Å². The van der Waals surface area contributed by atoms with Crippen LogP contribution in [0.5, 0.6) is 17.2 Å². The minimum Gasteiger partial charge on any atom is -0.507 e. The fourth-order valence-electron chi connectivity index (χ4n) is 7.28. The third-order valence-electron chi connectivity index (χ3n) is 9.84. The van der Waals surface area contributed by atoms with Gasteiger partial charge in [0.25, 0.3) is 0 Å². The molecule has 50 heavy (non-hydrogen) atoms. The van der Waals surface area contributed by atoms with Gasteiger partial charge in [0.05, 0.1) is 35.9 Å². The molecule has 0 spiro atoms. The number of carbonyl (C=O) groups is 5. The van der Waals surface area contributed by atoms with Crippen molar-refractivity contribution < 1.29 is 63.3 Å². The fraction of sp³-hybridized carbons (Fsp3) is 0.472. The first-order valence-electron chi connectivity index (χ1n) is 16.6. The van der Waals surface area contributed by atoms with Gasteiger partial charge in [-0.2, -0.15) is 0 Å². The number of ether oxygens (including phenoxy) is 4. The van der Waals surface area contributed by atoms with Gasteiger partial charge in [-0.05, 0) is 44.7 Å². The van der Waals surface area contributed by atoms with Gasteiger partial charge in [0.1, 0.15) is 41.7 Å². The summed E-state index contributed by atoms with van der Waals surface area (Å²) in [5.74, 6) is -4.52. The molecule has 6 atom stereocenters. The second-order valence-corrected chi connectivity index (χ2v) is 13.1. The Morgan fingerprint density at radius 2 is 1.80 bits per heavy atom. The Bertz CT molecular complexity index is 1780. The summed E-state index contributed by atoms with van der Waals surface area (Å²) in [6.45, 7) is 0.376. The molecule has 14 heteroatoms. The number of aliphatic hydroxyl groups is 2. The molecule has 1 amide bonds. The molecule has 2 aromatic rings. The smallest absolute Gasteiger partial charge is 0.408 e. The minimum atomic E-state index is -2.34. The molecular formula is C36H39NO13. The zero-order valence-electron chi connectivity index (χ0n) is 27.6. The number of fused-ring (bicyclic) bond motifs is 3. The molecule has 6 rings (SSSR count). The van der Waals surface area contributed by atoms with Crippen LogP contribution in [0.3, 0.4) is 0 Å². The van der Waals surface area contributed by atoms with Crippen LogP contribution in [0, 0.1) is 0 Å². The van der Waals surface area contributed by atoms with Crippen molar-refractivity contribution >= 4 is 29.2 Å². The van der Waals surface area contributed by atoms with Crippen LogP contribution >= 0.6 is 0 Å². The number of aromatic hydroxyl groups is 2. The van der Waals surface area contributed by atoms with Crippen molar-refractivity contribution in [3.63, 3.8) is 0 Å². The quantitative estimate of drug-likeness (QED) is 0.178. The number of aliphatic hydroxyl groups excluding tert-OH is 1. The minimum absolute atomic E-state index is 0.0655. The van der Waals surface area contributed by atoms with Crippen LogP contribution in [0.15, 0.2) is 30.4 Å². The maximum Gasteiger partial charge on any atom is 0.408 e. The highest BCUT2D eigenvalue weighted by molar-refractivity contribution is 6.31. The van der Waals surface area contributed by atoms with Crippen LogP contribution in [0.25, 0.3) is 0 Å². The molecule has 2 aromatic carbocycles. The summed E-state index contributed by atoms with van der Waals surface area (Å²) in [5, 5.41) is 47.0. The van der Waals surface area contributed by atoms with E-state index in [1.165, 1.54) is 32.2 Å². The maximum absolute atomic E-state index is 13.9. The zero-order valence-corrected chi connectivity index (χ0v) is 27.6. The predicted molar refractivity (Wildman–Crippen MR) is 172 cm³/mol. The van der Waals surface area contributed by atoms with Gasteiger partial charge in [0, 0.05) is 36.0 Å². The van der Waals surface area contributed by atoms with Crippen LogP contribution in [0.1, 0.15) is 101 Å². The number of benzene rings is 2. The Hall–Kier alpha value is -4.63. The Balaban J connectivity index is 1.34. The van der Waals surface area contributed by atoms with E-state index in [1.54, 1.807) is 0 Å². The lowest BCUT2D eigenvalue weighted by Gasteiger charge is -2.41. The van der Waals surface area contributed by atoms with E-state index in [1.807, 2.05) is 12.2 Å². The van der Waals surface area contributed by atoms with E-state index < -0.39 is 108 Å². The number of amides is 1. The maximum atomic E-state index is 13.9. The van der Waals surface area contributed by atoms with E-state index in [2.05, 4.69) is 5.32 Å². The summed E-state index contributed by atoms with van der Waals surface area (Å²) in [4.78, 5) is 66.4. The SMILES string of the molecule is COc1cccc2c1C(=O)c1c(O)c3c(c(O)c1C2=O)C[C@@](O)(C(=O)CO)CC3O[C@H]1C[C@H](NC(=O)OC2/C=C/CCCCC2)C(=O)[C@H](C)O1. The van der Waals surface area contributed by atoms with Crippen molar-refractivity contribution in [1.82, 2.24) is 5.32 Å². The number of carbonyl (C=O) groups excluding carboxylic acids is 5. The Morgan fingerprint density at radius 1 is 1.04 bits per heavy atom. The van der Waals surface area contributed by atoms with E-state index in [0.717, 1.165) is 25.7 Å². The molecule has 0 saturated carbocycles. The van der Waals surface area contributed by atoms with Crippen molar-refractivity contribution in [3.8, 4) is 17.2 Å². The molecule has 0 bridgehead atoms. The molecule has 0 aromatic heterocycles. The van der Waals surface area contributed by atoms with Gasteiger partial charge < -0.3 is 44.7 Å². The van der Waals surface area contributed by atoms with Crippen molar-refractivity contribution in [2.45, 2.75) is 94.5 Å². The molecule has 14 nitrogen and oxygen atoms in total.